The molecule has 1 heterocycles. The lowest BCUT2D eigenvalue weighted by atomic mass is 10.4. The van der Waals surface area contributed by atoms with Crippen LogP contribution in [-0.4, -0.2) is 33.3 Å². The molecule has 0 bridgehead atoms. The summed E-state index contributed by atoms with van der Waals surface area (Å²) in [6, 6.07) is 1.51. The van der Waals surface area contributed by atoms with Crippen molar-refractivity contribution in [2.45, 2.75) is 0 Å². The van der Waals surface area contributed by atoms with Crippen LogP contribution in [0.5, 0.6) is 0 Å². The molecule has 0 saturated carbocycles. The molecule has 0 radical (unpaired) electrons. The largest absolute Gasteiger partial charge is 0.480 e. The maximum absolute atomic E-state index is 11.1. The fourth-order valence-electron chi connectivity index (χ4n) is 0.783. The molecule has 2 N–H and O–H groups in total. The summed E-state index contributed by atoms with van der Waals surface area (Å²) in [7, 11) is 1.67. The summed E-state index contributed by atoms with van der Waals surface area (Å²) in [6.45, 7) is -0.393. The molecule has 13 heavy (non-hydrogen) atoms. The lowest BCUT2D eigenvalue weighted by Gasteiger charge is -1.97. The van der Waals surface area contributed by atoms with Gasteiger partial charge in [-0.3, -0.25) is 14.3 Å². The third-order valence-electron chi connectivity index (χ3n) is 1.35. The van der Waals surface area contributed by atoms with Crippen LogP contribution in [-0.2, 0) is 11.8 Å². The van der Waals surface area contributed by atoms with E-state index in [-0.39, 0.29) is 5.69 Å². The van der Waals surface area contributed by atoms with Gasteiger partial charge in [-0.25, -0.2) is 0 Å². The monoisotopic (exact) mass is 183 g/mol. The number of hydrogen-bond donors (Lipinski definition) is 2. The van der Waals surface area contributed by atoms with Gasteiger partial charge in [-0.15, -0.1) is 0 Å². The van der Waals surface area contributed by atoms with Gasteiger partial charge in [-0.2, -0.15) is 5.10 Å². The first-order valence-electron chi connectivity index (χ1n) is 3.59. The lowest BCUT2D eigenvalue weighted by Crippen LogP contribution is -2.29. The van der Waals surface area contributed by atoms with Crippen LogP contribution in [0.2, 0.25) is 0 Å². The minimum Gasteiger partial charge on any atom is -0.480 e. The second kappa shape index (κ2) is 3.70. The number of nitrogens with one attached hydrogen (secondary N) is 1. The number of rotatable bonds is 3. The molecule has 1 rings (SSSR count). The van der Waals surface area contributed by atoms with Gasteiger partial charge in [0.25, 0.3) is 5.91 Å². The Labute approximate surface area is 74.2 Å². The topological polar surface area (TPSA) is 84.2 Å². The molecule has 0 aromatic carbocycles. The standard InChI is InChI=1S/C7H9N3O3/c1-10-3-2-5(9-10)7(13)8-4-6(11)12/h2-3H,4H2,1H3,(H,8,13)(H,11,12). The summed E-state index contributed by atoms with van der Waals surface area (Å²) in [5, 5.41) is 14.3. The normalized spacial score (nSPS) is 9.62. The van der Waals surface area contributed by atoms with Crippen LogP contribution in [0, 0.1) is 0 Å². The van der Waals surface area contributed by atoms with E-state index in [1.807, 2.05) is 0 Å². The second-order valence-electron chi connectivity index (χ2n) is 2.45. The first-order valence-corrected chi connectivity index (χ1v) is 3.59. The molecule has 70 valence electrons. The van der Waals surface area contributed by atoms with Crippen molar-refractivity contribution in [2.24, 2.45) is 7.05 Å². The van der Waals surface area contributed by atoms with Gasteiger partial charge >= 0.3 is 5.97 Å². The van der Waals surface area contributed by atoms with E-state index in [1.165, 1.54) is 10.7 Å². The number of carboxylic acids is 1. The maximum Gasteiger partial charge on any atom is 0.322 e. The SMILES string of the molecule is Cn1ccc(C(=O)NCC(=O)O)n1. The first kappa shape index (κ1) is 9.24. The molecular formula is C7H9N3O3. The van der Waals surface area contributed by atoms with E-state index in [4.69, 9.17) is 5.11 Å². The molecule has 0 aliphatic rings. The highest BCUT2D eigenvalue weighted by atomic mass is 16.4. The number of hydrogen-bond acceptors (Lipinski definition) is 3. The van der Waals surface area contributed by atoms with Gasteiger partial charge in [0, 0.05) is 13.2 Å². The molecule has 0 spiro atoms. The molecule has 0 aliphatic carbocycles. The Bertz CT molecular complexity index is 331. The predicted octanol–water partition coefficient (Wildman–Crippen LogP) is -0.765. The van der Waals surface area contributed by atoms with Crippen LogP contribution in [0.15, 0.2) is 12.3 Å². The highest BCUT2D eigenvalue weighted by Gasteiger charge is 2.08. The summed E-state index contributed by atoms with van der Waals surface area (Å²) in [5.41, 5.74) is 0.212. The summed E-state index contributed by atoms with van der Waals surface area (Å²) in [6.07, 6.45) is 1.61. The third-order valence-corrected chi connectivity index (χ3v) is 1.35. The fourth-order valence-corrected chi connectivity index (χ4v) is 0.783. The van der Waals surface area contributed by atoms with Crippen molar-refractivity contribution < 1.29 is 14.7 Å². The number of amides is 1. The Morgan fingerprint density at radius 2 is 2.38 bits per heavy atom. The van der Waals surface area contributed by atoms with Gasteiger partial charge in [-0.05, 0) is 6.07 Å². The quantitative estimate of drug-likeness (QED) is 0.644. The number of aryl methyl sites for hydroxylation is 1. The zero-order valence-electron chi connectivity index (χ0n) is 7.02. The van der Waals surface area contributed by atoms with E-state index >= 15 is 0 Å². The van der Waals surface area contributed by atoms with Crippen molar-refractivity contribution >= 4 is 11.9 Å². The molecule has 6 nitrogen and oxygen atoms in total. The zero-order valence-corrected chi connectivity index (χ0v) is 7.02. The number of carbonyl (C=O) groups excluding carboxylic acids is 1. The summed E-state index contributed by atoms with van der Waals surface area (Å²) in [5.74, 6) is -1.56. The molecule has 0 atom stereocenters. The van der Waals surface area contributed by atoms with E-state index < -0.39 is 18.4 Å². The van der Waals surface area contributed by atoms with Crippen LogP contribution in [0.25, 0.3) is 0 Å². The highest BCUT2D eigenvalue weighted by molar-refractivity contribution is 5.93. The highest BCUT2D eigenvalue weighted by Crippen LogP contribution is 1.92. The number of aliphatic carboxylic acids is 1. The zero-order chi connectivity index (χ0) is 9.84. The lowest BCUT2D eigenvalue weighted by molar-refractivity contribution is -0.135. The Hall–Kier alpha value is -1.85. The molecule has 0 unspecified atom stereocenters. The van der Waals surface area contributed by atoms with Crippen LogP contribution in [0.1, 0.15) is 10.5 Å². The van der Waals surface area contributed by atoms with Gasteiger partial charge in [0.2, 0.25) is 0 Å². The van der Waals surface area contributed by atoms with Crippen molar-refractivity contribution in [3.8, 4) is 0 Å². The van der Waals surface area contributed by atoms with Crippen molar-refractivity contribution in [3.05, 3.63) is 18.0 Å². The number of aromatic nitrogens is 2. The molecule has 1 amide bonds. The smallest absolute Gasteiger partial charge is 0.322 e. The number of nitrogens with zero attached hydrogens (tertiary/aromatic N) is 2. The molecule has 6 heteroatoms. The average molecular weight is 183 g/mol. The van der Waals surface area contributed by atoms with Gasteiger partial charge in [0.15, 0.2) is 0 Å². The van der Waals surface area contributed by atoms with Gasteiger partial charge < -0.3 is 10.4 Å². The average Bonchev–Trinajstić information content (AvgIpc) is 2.47. The second-order valence-corrected chi connectivity index (χ2v) is 2.45. The maximum atomic E-state index is 11.1. The van der Waals surface area contributed by atoms with Gasteiger partial charge in [-0.1, -0.05) is 0 Å². The van der Waals surface area contributed by atoms with E-state index in [0.717, 1.165) is 0 Å². The molecular weight excluding hydrogens is 174 g/mol. The Morgan fingerprint density at radius 1 is 1.69 bits per heavy atom. The van der Waals surface area contributed by atoms with E-state index in [2.05, 4.69) is 10.4 Å². The van der Waals surface area contributed by atoms with Crippen molar-refractivity contribution in [1.29, 1.82) is 0 Å². The van der Waals surface area contributed by atoms with Crippen LogP contribution < -0.4 is 5.32 Å². The number of carbonyl (C=O) groups is 2. The molecule has 0 aliphatic heterocycles. The van der Waals surface area contributed by atoms with Crippen LogP contribution >= 0.6 is 0 Å². The Morgan fingerprint density at radius 3 is 2.85 bits per heavy atom. The summed E-state index contributed by atoms with van der Waals surface area (Å²) in [4.78, 5) is 21.2. The molecule has 1 aromatic rings. The molecule has 0 saturated heterocycles. The Balaban J connectivity index is 2.54. The summed E-state index contributed by atoms with van der Waals surface area (Å²) >= 11 is 0. The van der Waals surface area contributed by atoms with E-state index in [9.17, 15) is 9.59 Å². The van der Waals surface area contributed by atoms with Gasteiger partial charge in [0.1, 0.15) is 12.2 Å². The fraction of sp³-hybridized carbons (Fsp3) is 0.286. The number of carboxylic acid groups (broad SMARTS) is 1. The first-order chi connectivity index (χ1) is 6.09. The van der Waals surface area contributed by atoms with Gasteiger partial charge in [0.05, 0.1) is 0 Å². The van der Waals surface area contributed by atoms with Crippen molar-refractivity contribution in [2.75, 3.05) is 6.54 Å². The van der Waals surface area contributed by atoms with Crippen molar-refractivity contribution in [1.82, 2.24) is 15.1 Å². The Kier molecular flexibility index (Phi) is 2.63. The predicted molar refractivity (Wildman–Crippen MR) is 43.2 cm³/mol. The molecule has 1 aromatic heterocycles. The minimum absolute atomic E-state index is 0.212. The van der Waals surface area contributed by atoms with Crippen LogP contribution in [0.3, 0.4) is 0 Å². The van der Waals surface area contributed by atoms with E-state index in [1.54, 1.807) is 13.2 Å². The van der Waals surface area contributed by atoms with E-state index in [0.29, 0.717) is 0 Å². The molecule has 0 fully saturated rings. The van der Waals surface area contributed by atoms with Crippen LogP contribution in [0.4, 0.5) is 0 Å². The van der Waals surface area contributed by atoms with Crippen molar-refractivity contribution in [3.63, 3.8) is 0 Å². The summed E-state index contributed by atoms with van der Waals surface area (Å²) < 4.78 is 1.47. The minimum atomic E-state index is -1.08. The third kappa shape index (κ3) is 2.58.